The molecule has 0 saturated carbocycles. The number of aromatic nitrogens is 1. The highest BCUT2D eigenvalue weighted by Crippen LogP contribution is 2.27. The lowest BCUT2D eigenvalue weighted by molar-refractivity contribution is 0.0520. The van der Waals surface area contributed by atoms with Gasteiger partial charge in [-0.2, -0.15) is 0 Å². The first-order valence-electron chi connectivity index (χ1n) is 7.49. The van der Waals surface area contributed by atoms with Crippen LogP contribution in [0.3, 0.4) is 0 Å². The number of carbonyl (C=O) groups excluding carboxylic acids is 1. The molecule has 5 heteroatoms. The van der Waals surface area contributed by atoms with Gasteiger partial charge >= 0.3 is 5.97 Å². The van der Waals surface area contributed by atoms with Gasteiger partial charge in [0.15, 0.2) is 5.56 Å². The minimum Gasteiger partial charge on any atom is -0.506 e. The average Bonchev–Trinajstić information content (AvgIpc) is 2.47. The molecule has 1 aromatic heterocycles. The summed E-state index contributed by atoms with van der Waals surface area (Å²) in [5.41, 5.74) is -0.168. The minimum atomic E-state index is -0.783. The maximum absolute atomic E-state index is 12.6. The van der Waals surface area contributed by atoms with Crippen molar-refractivity contribution in [3.8, 4) is 5.75 Å². The van der Waals surface area contributed by atoms with E-state index in [1.54, 1.807) is 35.8 Å². The van der Waals surface area contributed by atoms with Gasteiger partial charge in [-0.1, -0.05) is 26.0 Å². The molecule has 0 fully saturated rings. The molecule has 1 heterocycles. The molecule has 0 saturated heterocycles. The number of esters is 1. The number of fused-ring (bicyclic) bond motifs is 1. The zero-order chi connectivity index (χ0) is 16.3. The summed E-state index contributed by atoms with van der Waals surface area (Å²) in [6.07, 6.45) is 0.803. The maximum Gasteiger partial charge on any atom is 0.347 e. The molecule has 0 radical (unpaired) electrons. The van der Waals surface area contributed by atoms with E-state index in [-0.39, 0.29) is 17.9 Å². The second-order valence-electron chi connectivity index (χ2n) is 5.60. The number of ether oxygens (including phenoxy) is 1. The zero-order valence-corrected chi connectivity index (χ0v) is 13.1. The minimum absolute atomic E-state index is 0.149. The molecular formula is C17H21NO4. The van der Waals surface area contributed by atoms with Crippen LogP contribution in [0.15, 0.2) is 29.1 Å². The van der Waals surface area contributed by atoms with Crippen LogP contribution in [0.5, 0.6) is 5.75 Å². The van der Waals surface area contributed by atoms with Gasteiger partial charge in [-0.05, 0) is 31.4 Å². The van der Waals surface area contributed by atoms with Crippen LogP contribution in [0, 0.1) is 5.92 Å². The largest absolute Gasteiger partial charge is 0.506 e. The van der Waals surface area contributed by atoms with Crippen LogP contribution < -0.4 is 5.56 Å². The van der Waals surface area contributed by atoms with E-state index in [1.807, 2.05) is 0 Å². The molecule has 0 unspecified atom stereocenters. The summed E-state index contributed by atoms with van der Waals surface area (Å²) in [7, 11) is 0. The highest BCUT2D eigenvalue weighted by molar-refractivity contribution is 5.99. The van der Waals surface area contributed by atoms with Gasteiger partial charge in [-0.3, -0.25) is 4.79 Å². The van der Waals surface area contributed by atoms with E-state index in [1.165, 1.54) is 0 Å². The number of aromatic hydroxyl groups is 1. The van der Waals surface area contributed by atoms with E-state index in [9.17, 15) is 14.7 Å². The van der Waals surface area contributed by atoms with Gasteiger partial charge in [0.2, 0.25) is 0 Å². The van der Waals surface area contributed by atoms with Crippen LogP contribution in [0.2, 0.25) is 0 Å². The number of hydrogen-bond acceptors (Lipinski definition) is 4. The highest BCUT2D eigenvalue weighted by Gasteiger charge is 2.23. The Hall–Kier alpha value is -2.30. The standard InChI is InChI=1S/C17H21NO4/c1-4-22-17(21)14-15(19)12-7-5-6-8-13(12)18(16(14)20)10-9-11(2)3/h5-8,11,19H,4,9-10H2,1-3H3. The number of rotatable bonds is 5. The molecule has 5 nitrogen and oxygen atoms in total. The third kappa shape index (κ3) is 2.98. The van der Waals surface area contributed by atoms with Crippen molar-refractivity contribution < 1.29 is 14.6 Å². The number of para-hydroxylation sites is 1. The predicted molar refractivity (Wildman–Crippen MR) is 85.3 cm³/mol. The quantitative estimate of drug-likeness (QED) is 0.862. The molecule has 2 rings (SSSR count). The molecule has 0 atom stereocenters. The van der Waals surface area contributed by atoms with E-state index in [0.29, 0.717) is 23.4 Å². The Labute approximate surface area is 129 Å². The Bertz CT molecular complexity index is 746. The van der Waals surface area contributed by atoms with Gasteiger partial charge in [0.05, 0.1) is 12.1 Å². The summed E-state index contributed by atoms with van der Waals surface area (Å²) < 4.78 is 6.45. The lowest BCUT2D eigenvalue weighted by Gasteiger charge is -2.15. The second kappa shape index (κ2) is 6.64. The summed E-state index contributed by atoms with van der Waals surface area (Å²) in [6.45, 7) is 6.44. The van der Waals surface area contributed by atoms with Crippen LogP contribution in [-0.2, 0) is 11.3 Å². The summed E-state index contributed by atoms with van der Waals surface area (Å²) >= 11 is 0. The summed E-state index contributed by atoms with van der Waals surface area (Å²) in [4.78, 5) is 24.7. The zero-order valence-electron chi connectivity index (χ0n) is 13.1. The first-order chi connectivity index (χ1) is 10.5. The van der Waals surface area contributed by atoms with Gasteiger partial charge in [-0.15, -0.1) is 0 Å². The lowest BCUT2D eigenvalue weighted by atomic mass is 10.1. The molecule has 118 valence electrons. The third-order valence-electron chi connectivity index (χ3n) is 3.56. The lowest BCUT2D eigenvalue weighted by Crippen LogP contribution is -2.28. The Morgan fingerprint density at radius 1 is 1.32 bits per heavy atom. The first-order valence-corrected chi connectivity index (χ1v) is 7.49. The topological polar surface area (TPSA) is 68.5 Å². The Balaban J connectivity index is 2.70. The van der Waals surface area contributed by atoms with Crippen molar-refractivity contribution in [2.24, 2.45) is 5.92 Å². The van der Waals surface area contributed by atoms with Crippen molar-refractivity contribution in [3.63, 3.8) is 0 Å². The number of aryl methyl sites for hydroxylation is 1. The van der Waals surface area contributed by atoms with Gasteiger partial charge in [0, 0.05) is 11.9 Å². The van der Waals surface area contributed by atoms with Crippen molar-refractivity contribution in [1.29, 1.82) is 0 Å². The summed E-state index contributed by atoms with van der Waals surface area (Å²) in [5, 5.41) is 10.8. The number of carbonyl (C=O) groups is 1. The predicted octanol–water partition coefficient (Wildman–Crippen LogP) is 2.93. The van der Waals surface area contributed by atoms with Crippen LogP contribution in [0.4, 0.5) is 0 Å². The van der Waals surface area contributed by atoms with Crippen molar-refractivity contribution >= 4 is 16.9 Å². The first kappa shape index (κ1) is 16.1. The SMILES string of the molecule is CCOC(=O)c1c(O)c2ccccc2n(CCC(C)C)c1=O. The van der Waals surface area contributed by atoms with Crippen LogP contribution >= 0.6 is 0 Å². The van der Waals surface area contributed by atoms with E-state index in [0.717, 1.165) is 6.42 Å². The smallest absolute Gasteiger partial charge is 0.347 e. The van der Waals surface area contributed by atoms with Crippen molar-refractivity contribution in [1.82, 2.24) is 4.57 Å². The Kier molecular flexibility index (Phi) is 4.85. The Morgan fingerprint density at radius 2 is 2.00 bits per heavy atom. The molecule has 0 bridgehead atoms. The molecule has 0 spiro atoms. The van der Waals surface area contributed by atoms with Crippen LogP contribution in [0.1, 0.15) is 37.6 Å². The molecule has 22 heavy (non-hydrogen) atoms. The summed E-state index contributed by atoms with van der Waals surface area (Å²) in [5.74, 6) is -0.667. The average molecular weight is 303 g/mol. The molecule has 0 amide bonds. The van der Waals surface area contributed by atoms with Gasteiger partial charge in [0.25, 0.3) is 5.56 Å². The molecule has 0 aliphatic heterocycles. The highest BCUT2D eigenvalue weighted by atomic mass is 16.5. The van der Waals surface area contributed by atoms with E-state index < -0.39 is 11.5 Å². The third-order valence-corrected chi connectivity index (χ3v) is 3.56. The van der Waals surface area contributed by atoms with Crippen LogP contribution in [0.25, 0.3) is 10.9 Å². The fourth-order valence-corrected chi connectivity index (χ4v) is 2.39. The molecule has 2 aromatic rings. The molecule has 0 aliphatic carbocycles. The van der Waals surface area contributed by atoms with Crippen LogP contribution in [-0.4, -0.2) is 22.2 Å². The molecule has 1 aromatic carbocycles. The van der Waals surface area contributed by atoms with Gasteiger partial charge in [0.1, 0.15) is 5.75 Å². The van der Waals surface area contributed by atoms with Crippen molar-refractivity contribution in [2.75, 3.05) is 6.61 Å². The fraction of sp³-hybridized carbons (Fsp3) is 0.412. The molecule has 0 aliphatic rings. The van der Waals surface area contributed by atoms with Gasteiger partial charge in [-0.25, -0.2) is 4.79 Å². The number of benzene rings is 1. The number of pyridine rings is 1. The van der Waals surface area contributed by atoms with E-state index in [4.69, 9.17) is 4.74 Å². The fourth-order valence-electron chi connectivity index (χ4n) is 2.39. The number of nitrogens with zero attached hydrogens (tertiary/aromatic N) is 1. The van der Waals surface area contributed by atoms with E-state index in [2.05, 4.69) is 13.8 Å². The van der Waals surface area contributed by atoms with Crippen molar-refractivity contribution in [2.45, 2.75) is 33.7 Å². The van der Waals surface area contributed by atoms with Gasteiger partial charge < -0.3 is 14.4 Å². The second-order valence-corrected chi connectivity index (χ2v) is 5.60. The maximum atomic E-state index is 12.6. The normalized spacial score (nSPS) is 11.1. The van der Waals surface area contributed by atoms with E-state index >= 15 is 0 Å². The monoisotopic (exact) mass is 303 g/mol. The Morgan fingerprint density at radius 3 is 2.64 bits per heavy atom. The summed E-state index contributed by atoms with van der Waals surface area (Å²) in [6, 6.07) is 7.02. The molecule has 1 N–H and O–H groups in total. The number of hydrogen-bond donors (Lipinski definition) is 1. The molecular weight excluding hydrogens is 282 g/mol. The van der Waals surface area contributed by atoms with Crippen molar-refractivity contribution in [3.05, 3.63) is 40.2 Å².